The zero-order valence-electron chi connectivity index (χ0n) is 29.1. The molecule has 7 nitrogen and oxygen atoms in total. The maximum absolute atomic E-state index is 6.51. The summed E-state index contributed by atoms with van der Waals surface area (Å²) in [5.74, 6) is 2.80. The van der Waals surface area contributed by atoms with Gasteiger partial charge in [-0.1, -0.05) is 74.8 Å². The Kier molecular flexibility index (Phi) is 7.86. The van der Waals surface area contributed by atoms with Crippen LogP contribution in [0.2, 0.25) is 0 Å². The maximum atomic E-state index is 6.51. The Morgan fingerprint density at radius 3 is 2.32 bits per heavy atom. The van der Waals surface area contributed by atoms with E-state index in [1.54, 1.807) is 0 Å². The van der Waals surface area contributed by atoms with Gasteiger partial charge in [-0.2, -0.15) is 12.1 Å². The summed E-state index contributed by atoms with van der Waals surface area (Å²) in [6, 6.07) is 48.1. The van der Waals surface area contributed by atoms with Crippen LogP contribution in [0.1, 0.15) is 26.3 Å². The topological polar surface area (TPSA) is 59.6 Å². The fraction of sp³-hybridized carbons (Fsp3) is 0.0889. The van der Waals surface area contributed by atoms with Gasteiger partial charge in [-0.25, -0.2) is 9.97 Å². The van der Waals surface area contributed by atoms with E-state index >= 15 is 0 Å². The molecule has 4 aromatic heterocycles. The standard InChI is InChI=1S/C45H32N5O2.Pt/c1-45(2,3)29-22-24-46-42(25-29)50-37-16-6-4-13-33(37)34-21-20-32(27-40(34)50)51-31-12-8-11-30(26-31)48-28-49(44-39(48)18-10-23-47-44)38-17-9-15-36-35-14-5-7-19-41(35)52-43(36)38;/h4-25,28H,1-3H3;/q-3;. The minimum atomic E-state index is -0.0174. The minimum absolute atomic E-state index is 0. The van der Waals surface area contributed by atoms with Gasteiger partial charge in [0.2, 0.25) is 0 Å². The van der Waals surface area contributed by atoms with Gasteiger partial charge < -0.3 is 23.5 Å². The molecular formula is C45H32N5O2Pt-3. The van der Waals surface area contributed by atoms with E-state index in [4.69, 9.17) is 19.1 Å². The molecule has 0 amide bonds. The molecule has 0 unspecified atom stereocenters. The predicted molar refractivity (Wildman–Crippen MR) is 208 cm³/mol. The van der Waals surface area contributed by atoms with E-state index in [0.717, 1.165) is 72.4 Å². The number of para-hydroxylation sites is 3. The monoisotopic (exact) mass is 869 g/mol. The van der Waals surface area contributed by atoms with Gasteiger partial charge in [-0.15, -0.1) is 48.1 Å². The van der Waals surface area contributed by atoms with E-state index in [1.165, 1.54) is 5.56 Å². The molecular weight excluding hydrogens is 838 g/mol. The Labute approximate surface area is 321 Å². The van der Waals surface area contributed by atoms with Gasteiger partial charge in [0, 0.05) is 61.2 Å². The quantitative estimate of drug-likeness (QED) is 0.161. The molecule has 5 heterocycles. The van der Waals surface area contributed by atoms with Gasteiger partial charge in [0.25, 0.3) is 0 Å². The number of nitrogens with zero attached hydrogens (tertiary/aromatic N) is 5. The Hall–Kier alpha value is -5.91. The molecule has 0 saturated heterocycles. The number of aromatic nitrogens is 3. The molecule has 8 heteroatoms. The first-order valence-corrected chi connectivity index (χ1v) is 17.3. The van der Waals surface area contributed by atoms with E-state index in [1.807, 2.05) is 67.6 Å². The SMILES string of the molecule is CC(C)(C)c1ccnc(-n2c3[c-]c(Oc4[c-]c(N5[CH-]N(c6cccc7c6oc6ccccc67)c6ncccc65)ccc4)ccc3c3ccccc32)c1.[Pt]. The average Bonchev–Trinajstić information content (AvgIpc) is 3.84. The predicted octanol–water partition coefficient (Wildman–Crippen LogP) is 11.6. The van der Waals surface area contributed by atoms with Gasteiger partial charge in [-0.3, -0.25) is 0 Å². The van der Waals surface area contributed by atoms with Gasteiger partial charge in [-0.05, 0) is 58.8 Å². The number of pyridine rings is 2. The molecule has 262 valence electrons. The third kappa shape index (κ3) is 5.46. The summed E-state index contributed by atoms with van der Waals surface area (Å²) in [4.78, 5) is 13.8. The normalized spacial score (nSPS) is 12.9. The van der Waals surface area contributed by atoms with Gasteiger partial charge in [0.1, 0.15) is 17.2 Å². The molecule has 0 spiro atoms. The molecule has 0 fully saturated rings. The fourth-order valence-electron chi connectivity index (χ4n) is 7.22. The van der Waals surface area contributed by atoms with E-state index < -0.39 is 0 Å². The first kappa shape index (κ1) is 33.0. The second kappa shape index (κ2) is 12.6. The molecule has 10 rings (SSSR count). The van der Waals surface area contributed by atoms with Crippen molar-refractivity contribution in [3.05, 3.63) is 158 Å². The van der Waals surface area contributed by atoms with E-state index in [-0.39, 0.29) is 26.5 Å². The van der Waals surface area contributed by atoms with Gasteiger partial charge >= 0.3 is 0 Å². The van der Waals surface area contributed by atoms with Crippen LogP contribution in [0.15, 0.2) is 138 Å². The molecule has 0 N–H and O–H groups in total. The number of hydrogen-bond acceptors (Lipinski definition) is 6. The fourth-order valence-corrected chi connectivity index (χ4v) is 7.22. The summed E-state index contributed by atoms with van der Waals surface area (Å²) >= 11 is 0. The molecule has 0 atom stereocenters. The molecule has 1 aliphatic heterocycles. The summed E-state index contributed by atoms with van der Waals surface area (Å²) in [5.41, 5.74) is 7.46. The molecule has 9 aromatic rings. The number of hydrogen-bond donors (Lipinski definition) is 0. The summed E-state index contributed by atoms with van der Waals surface area (Å²) in [6.07, 6.45) is 3.70. The molecule has 0 saturated carbocycles. The van der Waals surface area contributed by atoms with Crippen molar-refractivity contribution in [1.29, 1.82) is 0 Å². The maximum Gasteiger partial charge on any atom is 0.156 e. The number of fused-ring (bicyclic) bond motifs is 7. The summed E-state index contributed by atoms with van der Waals surface area (Å²) < 4.78 is 15.1. The van der Waals surface area contributed by atoms with Crippen molar-refractivity contribution >= 4 is 66.6 Å². The molecule has 5 aromatic carbocycles. The Morgan fingerprint density at radius 1 is 0.660 bits per heavy atom. The summed E-state index contributed by atoms with van der Waals surface area (Å²) in [6.45, 7) is 8.68. The van der Waals surface area contributed by atoms with E-state index in [0.29, 0.717) is 11.5 Å². The third-order valence-corrected chi connectivity index (χ3v) is 9.76. The van der Waals surface area contributed by atoms with Gasteiger partial charge in [0.05, 0.1) is 11.4 Å². The first-order valence-electron chi connectivity index (χ1n) is 17.3. The van der Waals surface area contributed by atoms with Crippen molar-refractivity contribution in [2.24, 2.45) is 0 Å². The van der Waals surface area contributed by atoms with Crippen LogP contribution in [-0.2, 0) is 26.5 Å². The largest absolute Gasteiger partial charge is 0.509 e. The Balaban J connectivity index is 0.00000372. The molecule has 53 heavy (non-hydrogen) atoms. The van der Waals surface area contributed by atoms with Crippen molar-refractivity contribution < 1.29 is 30.2 Å². The van der Waals surface area contributed by atoms with Crippen molar-refractivity contribution in [3.8, 4) is 17.3 Å². The third-order valence-electron chi connectivity index (χ3n) is 9.76. The van der Waals surface area contributed by atoms with E-state index in [2.05, 4.69) is 120 Å². The van der Waals surface area contributed by atoms with Crippen LogP contribution in [-0.4, -0.2) is 14.5 Å². The molecule has 0 radical (unpaired) electrons. The van der Waals surface area contributed by atoms with Crippen LogP contribution in [0.4, 0.5) is 22.9 Å². The van der Waals surface area contributed by atoms with Crippen molar-refractivity contribution in [3.63, 3.8) is 0 Å². The summed E-state index contributed by atoms with van der Waals surface area (Å²) in [7, 11) is 0. The van der Waals surface area contributed by atoms with Crippen molar-refractivity contribution in [2.75, 3.05) is 9.80 Å². The van der Waals surface area contributed by atoms with Gasteiger partial charge in [0.15, 0.2) is 5.58 Å². The van der Waals surface area contributed by atoms with Crippen LogP contribution >= 0.6 is 0 Å². The number of benzene rings is 5. The second-order valence-electron chi connectivity index (χ2n) is 14.0. The van der Waals surface area contributed by atoms with Crippen molar-refractivity contribution in [2.45, 2.75) is 26.2 Å². The zero-order valence-corrected chi connectivity index (χ0v) is 31.4. The molecule has 0 aliphatic carbocycles. The van der Waals surface area contributed by atoms with Crippen LogP contribution < -0.4 is 14.5 Å². The number of anilines is 4. The Morgan fingerprint density at radius 2 is 1.43 bits per heavy atom. The molecule has 0 bridgehead atoms. The molecule has 1 aliphatic rings. The van der Waals surface area contributed by atoms with Crippen molar-refractivity contribution in [1.82, 2.24) is 14.5 Å². The Bertz CT molecular complexity index is 2830. The van der Waals surface area contributed by atoms with Crippen LogP contribution in [0, 0.1) is 18.8 Å². The van der Waals surface area contributed by atoms with Crippen LogP contribution in [0.3, 0.4) is 0 Å². The zero-order chi connectivity index (χ0) is 35.0. The average molecular weight is 870 g/mol. The smallest absolute Gasteiger partial charge is 0.156 e. The van der Waals surface area contributed by atoms with E-state index in [9.17, 15) is 0 Å². The van der Waals surface area contributed by atoms with Crippen LogP contribution in [0.5, 0.6) is 11.5 Å². The van der Waals surface area contributed by atoms with Crippen LogP contribution in [0.25, 0.3) is 49.6 Å². The first-order chi connectivity index (χ1) is 25.4. The summed E-state index contributed by atoms with van der Waals surface area (Å²) in [5, 5.41) is 4.36. The second-order valence-corrected chi connectivity index (χ2v) is 14.0. The number of rotatable bonds is 5. The number of furan rings is 1. The number of ether oxygens (including phenoxy) is 1. The minimum Gasteiger partial charge on any atom is -0.509 e.